The largest absolute Gasteiger partial charge is 0.416 e. The third-order valence-electron chi connectivity index (χ3n) is 5.80. The van der Waals surface area contributed by atoms with Crippen molar-refractivity contribution in [3.8, 4) is 0 Å². The van der Waals surface area contributed by atoms with E-state index < -0.39 is 11.7 Å². The van der Waals surface area contributed by atoms with Crippen LogP contribution in [0, 0.1) is 6.92 Å². The van der Waals surface area contributed by atoms with Gasteiger partial charge in [0.15, 0.2) is 0 Å². The maximum absolute atomic E-state index is 13.5. The summed E-state index contributed by atoms with van der Waals surface area (Å²) in [5, 5.41) is 0.792. The van der Waals surface area contributed by atoms with Crippen LogP contribution in [0.25, 0.3) is 11.0 Å². The summed E-state index contributed by atoms with van der Waals surface area (Å²) in [6.07, 6.45) is 0.729. The molecule has 1 aliphatic rings. The van der Waals surface area contributed by atoms with Crippen LogP contribution in [-0.4, -0.2) is 9.55 Å². The van der Waals surface area contributed by atoms with Gasteiger partial charge in [-0.3, -0.25) is 9.36 Å². The molecule has 0 spiro atoms. The molecule has 0 atom stereocenters. The predicted octanol–water partition coefficient (Wildman–Crippen LogP) is 5.82. The Balaban J connectivity index is 1.90. The summed E-state index contributed by atoms with van der Waals surface area (Å²) in [7, 11) is 0. The molecule has 2 heterocycles. The molecule has 0 aliphatic heterocycles. The maximum atomic E-state index is 13.5. The van der Waals surface area contributed by atoms with E-state index in [2.05, 4.69) is 4.98 Å². The summed E-state index contributed by atoms with van der Waals surface area (Å²) in [5.41, 5.74) is 1.00. The van der Waals surface area contributed by atoms with Crippen molar-refractivity contribution in [1.82, 2.24) is 9.55 Å². The summed E-state index contributed by atoms with van der Waals surface area (Å²) in [4.78, 5) is 17.9. The number of aromatic nitrogens is 2. The number of aryl methyl sites for hydroxylation is 1. The van der Waals surface area contributed by atoms with E-state index in [9.17, 15) is 18.0 Å². The molecule has 0 radical (unpaired) electrons. The van der Waals surface area contributed by atoms with Crippen LogP contribution in [0.1, 0.15) is 60.4 Å². The number of benzene rings is 1. The Labute approximate surface area is 167 Å². The van der Waals surface area contributed by atoms with Crippen LogP contribution in [0.3, 0.4) is 0 Å². The van der Waals surface area contributed by atoms with E-state index in [4.69, 9.17) is 0 Å². The van der Waals surface area contributed by atoms with E-state index in [1.807, 2.05) is 25.1 Å². The van der Waals surface area contributed by atoms with Gasteiger partial charge in [-0.25, -0.2) is 4.98 Å². The number of alkyl halides is 3. The van der Waals surface area contributed by atoms with E-state index >= 15 is 0 Å². The first-order valence-corrected chi connectivity index (χ1v) is 10.0. The fourth-order valence-electron chi connectivity index (χ4n) is 4.32. The molecule has 0 unspecified atom stereocenters. The minimum atomic E-state index is -4.47. The fourth-order valence-corrected chi connectivity index (χ4v) is 4.32. The van der Waals surface area contributed by atoms with Crippen molar-refractivity contribution in [1.29, 1.82) is 0 Å². The molecule has 152 valence electrons. The lowest BCUT2D eigenvalue weighted by molar-refractivity contribution is -0.138. The number of hydrogen-bond acceptors (Lipinski definition) is 2. The molecule has 6 heteroatoms. The maximum Gasteiger partial charge on any atom is 0.416 e. The Bertz CT molecular complexity index is 1100. The second-order valence-electron chi connectivity index (χ2n) is 7.85. The molecule has 3 aromatic rings. The molecule has 4 rings (SSSR count). The number of fused-ring (bicyclic) bond motifs is 1. The molecule has 0 saturated heterocycles. The van der Waals surface area contributed by atoms with Crippen molar-refractivity contribution in [2.45, 2.75) is 57.7 Å². The molecule has 1 aromatic carbocycles. The van der Waals surface area contributed by atoms with Gasteiger partial charge in [0.2, 0.25) is 0 Å². The molecule has 0 bridgehead atoms. The van der Waals surface area contributed by atoms with Gasteiger partial charge in [-0.15, -0.1) is 0 Å². The summed E-state index contributed by atoms with van der Waals surface area (Å²) >= 11 is 0. The molecule has 1 aliphatic carbocycles. The minimum absolute atomic E-state index is 0.0764. The van der Waals surface area contributed by atoms with Crippen LogP contribution >= 0.6 is 0 Å². The molecule has 29 heavy (non-hydrogen) atoms. The van der Waals surface area contributed by atoms with Crippen molar-refractivity contribution in [2.24, 2.45) is 0 Å². The van der Waals surface area contributed by atoms with Gasteiger partial charge < -0.3 is 0 Å². The molecule has 1 saturated carbocycles. The highest BCUT2D eigenvalue weighted by Gasteiger charge is 2.33. The molecule has 1 fully saturated rings. The summed E-state index contributed by atoms with van der Waals surface area (Å²) in [5.74, 6) is 0.158. The highest BCUT2D eigenvalue weighted by atomic mass is 19.4. The van der Waals surface area contributed by atoms with Gasteiger partial charge in [0.25, 0.3) is 5.56 Å². The van der Waals surface area contributed by atoms with Crippen LogP contribution in [0.15, 0.2) is 47.3 Å². The van der Waals surface area contributed by atoms with Crippen molar-refractivity contribution < 1.29 is 13.2 Å². The van der Waals surface area contributed by atoms with Crippen molar-refractivity contribution in [2.75, 3.05) is 0 Å². The van der Waals surface area contributed by atoms with Gasteiger partial charge in [-0.2, -0.15) is 13.2 Å². The second kappa shape index (κ2) is 7.65. The molecular formula is C23H23F3N2O. The minimum Gasteiger partial charge on any atom is -0.288 e. The quantitative estimate of drug-likeness (QED) is 0.555. The van der Waals surface area contributed by atoms with Crippen LogP contribution in [0.4, 0.5) is 13.2 Å². The summed E-state index contributed by atoms with van der Waals surface area (Å²) in [6, 6.07) is 11.1. The number of rotatable bonds is 3. The zero-order valence-electron chi connectivity index (χ0n) is 16.3. The van der Waals surface area contributed by atoms with Crippen LogP contribution in [0.2, 0.25) is 0 Å². The standard InChI is InChI=1S/C23H23F3N2O/c1-15-11-12-17-13-19(16-7-3-2-4-8-16)22(29)28(21(17)27-15)14-18-9-5-6-10-20(18)23(24,25)26/h5-6,9-13,16H,2-4,7-8,14H2,1H3. The van der Waals surface area contributed by atoms with Gasteiger partial charge in [0.05, 0.1) is 12.1 Å². The molecule has 2 aromatic heterocycles. The first-order chi connectivity index (χ1) is 13.8. The Hall–Kier alpha value is -2.63. The lowest BCUT2D eigenvalue weighted by Crippen LogP contribution is -2.28. The van der Waals surface area contributed by atoms with E-state index in [0.29, 0.717) is 11.2 Å². The third kappa shape index (κ3) is 3.93. The Morgan fingerprint density at radius 3 is 2.52 bits per heavy atom. The average molecular weight is 400 g/mol. The highest BCUT2D eigenvalue weighted by Crippen LogP contribution is 2.34. The van der Waals surface area contributed by atoms with Crippen LogP contribution in [-0.2, 0) is 12.7 Å². The summed E-state index contributed by atoms with van der Waals surface area (Å²) < 4.78 is 41.9. The number of pyridine rings is 2. The van der Waals surface area contributed by atoms with E-state index in [1.165, 1.54) is 16.7 Å². The first-order valence-electron chi connectivity index (χ1n) is 10.0. The third-order valence-corrected chi connectivity index (χ3v) is 5.80. The zero-order chi connectivity index (χ0) is 20.6. The van der Waals surface area contributed by atoms with E-state index in [1.54, 1.807) is 6.07 Å². The second-order valence-corrected chi connectivity index (χ2v) is 7.85. The smallest absolute Gasteiger partial charge is 0.288 e. The molecule has 3 nitrogen and oxygen atoms in total. The monoisotopic (exact) mass is 400 g/mol. The van der Waals surface area contributed by atoms with Gasteiger partial charge in [-0.1, -0.05) is 37.5 Å². The molecule has 0 N–H and O–H groups in total. The zero-order valence-corrected chi connectivity index (χ0v) is 16.3. The lowest BCUT2D eigenvalue weighted by Gasteiger charge is -2.23. The topological polar surface area (TPSA) is 34.9 Å². The van der Waals surface area contributed by atoms with Crippen molar-refractivity contribution >= 4 is 11.0 Å². The molecule has 0 amide bonds. The van der Waals surface area contributed by atoms with Crippen LogP contribution < -0.4 is 5.56 Å². The van der Waals surface area contributed by atoms with Crippen LogP contribution in [0.5, 0.6) is 0 Å². The lowest BCUT2D eigenvalue weighted by atomic mass is 9.84. The summed E-state index contributed by atoms with van der Waals surface area (Å²) in [6.45, 7) is 1.66. The Morgan fingerprint density at radius 1 is 1.07 bits per heavy atom. The number of hydrogen-bond donors (Lipinski definition) is 0. The van der Waals surface area contributed by atoms with Crippen molar-refractivity contribution in [3.05, 3.63) is 75.2 Å². The highest BCUT2D eigenvalue weighted by molar-refractivity contribution is 5.76. The normalized spacial score (nSPS) is 15.7. The van der Waals surface area contributed by atoms with E-state index in [-0.39, 0.29) is 23.6 Å². The van der Waals surface area contributed by atoms with Gasteiger partial charge in [0, 0.05) is 16.6 Å². The van der Waals surface area contributed by atoms with E-state index in [0.717, 1.165) is 49.3 Å². The van der Waals surface area contributed by atoms with Crippen molar-refractivity contribution in [3.63, 3.8) is 0 Å². The number of nitrogens with zero attached hydrogens (tertiary/aromatic N) is 2. The number of halogens is 3. The Kier molecular flexibility index (Phi) is 5.19. The predicted molar refractivity (Wildman–Crippen MR) is 107 cm³/mol. The first kappa shape index (κ1) is 19.7. The van der Waals surface area contributed by atoms with Gasteiger partial charge in [0.1, 0.15) is 5.65 Å². The SMILES string of the molecule is Cc1ccc2cc(C3CCCCC3)c(=O)n(Cc3ccccc3C(F)(F)F)c2n1. The Morgan fingerprint density at radius 2 is 1.79 bits per heavy atom. The van der Waals surface area contributed by atoms with Gasteiger partial charge in [-0.05, 0) is 55.5 Å². The molecular weight excluding hydrogens is 377 g/mol. The van der Waals surface area contributed by atoms with Gasteiger partial charge >= 0.3 is 6.18 Å². The average Bonchev–Trinajstić information content (AvgIpc) is 2.70. The fraction of sp³-hybridized carbons (Fsp3) is 0.391.